The van der Waals surface area contributed by atoms with Crippen LogP contribution in [0.15, 0.2) is 36.5 Å². The molecule has 32 heavy (non-hydrogen) atoms. The predicted molar refractivity (Wildman–Crippen MR) is 103 cm³/mol. The largest absolute Gasteiger partial charge is 0.574 e. The van der Waals surface area contributed by atoms with Crippen molar-refractivity contribution in [1.29, 1.82) is 0 Å². The van der Waals surface area contributed by atoms with Crippen LogP contribution in [0, 0.1) is 5.82 Å². The fraction of sp³-hybridized carbons (Fsp3) is 0.350. The van der Waals surface area contributed by atoms with Crippen molar-refractivity contribution in [3.05, 3.63) is 52.9 Å². The van der Waals surface area contributed by atoms with E-state index < -0.39 is 35.0 Å². The van der Waals surface area contributed by atoms with Gasteiger partial charge in [-0.1, -0.05) is 11.6 Å². The summed E-state index contributed by atoms with van der Waals surface area (Å²) in [5.41, 5.74) is -0.834. The summed E-state index contributed by atoms with van der Waals surface area (Å²) in [6.07, 6.45) is -2.34. The zero-order valence-electron chi connectivity index (χ0n) is 16.3. The van der Waals surface area contributed by atoms with Gasteiger partial charge >= 0.3 is 6.36 Å². The van der Waals surface area contributed by atoms with Gasteiger partial charge in [0.1, 0.15) is 11.6 Å². The molecule has 3 fully saturated rings. The molecule has 7 nitrogen and oxygen atoms in total. The van der Waals surface area contributed by atoms with Crippen LogP contribution in [-0.2, 0) is 4.79 Å². The fourth-order valence-corrected chi connectivity index (χ4v) is 4.22. The number of pyridine rings is 1. The lowest BCUT2D eigenvalue weighted by Gasteiger charge is -2.70. The number of ether oxygens (including phenoxy) is 2. The molecule has 2 bridgehead atoms. The number of hydrogen-bond donors (Lipinski definition) is 2. The number of aromatic nitrogens is 1. The molecule has 2 N–H and O–H groups in total. The summed E-state index contributed by atoms with van der Waals surface area (Å²) in [6, 6.07) is 5.99. The van der Waals surface area contributed by atoms with Gasteiger partial charge in [0.15, 0.2) is 6.61 Å². The maximum absolute atomic E-state index is 13.4. The molecule has 0 aliphatic heterocycles. The number of alkyl halides is 3. The Labute approximate surface area is 184 Å². The number of carbonyl (C=O) groups excluding carboxylic acids is 2. The van der Waals surface area contributed by atoms with Crippen LogP contribution < -0.4 is 20.1 Å². The van der Waals surface area contributed by atoms with Crippen LogP contribution >= 0.6 is 11.6 Å². The average Bonchev–Trinajstić information content (AvgIpc) is 2.65. The van der Waals surface area contributed by atoms with Crippen molar-refractivity contribution in [1.82, 2.24) is 15.6 Å². The van der Waals surface area contributed by atoms with E-state index in [0.29, 0.717) is 19.3 Å². The van der Waals surface area contributed by atoms with Crippen molar-refractivity contribution in [3.63, 3.8) is 0 Å². The summed E-state index contributed by atoms with van der Waals surface area (Å²) in [5.74, 6) is -2.01. The minimum atomic E-state index is -4.86. The van der Waals surface area contributed by atoms with E-state index in [1.54, 1.807) is 0 Å². The van der Waals surface area contributed by atoms with Crippen molar-refractivity contribution in [3.8, 4) is 11.6 Å². The summed E-state index contributed by atoms with van der Waals surface area (Å²) in [7, 11) is 0. The van der Waals surface area contributed by atoms with Gasteiger partial charge in [0.2, 0.25) is 5.88 Å². The average molecular weight is 474 g/mol. The molecule has 12 heteroatoms. The Bertz CT molecular complexity index is 1040. The Hall–Kier alpha value is -3.08. The molecule has 2 amide bonds. The third kappa shape index (κ3) is 4.72. The summed E-state index contributed by atoms with van der Waals surface area (Å²) >= 11 is 5.59. The van der Waals surface area contributed by atoms with Gasteiger partial charge in [-0.15, -0.1) is 13.2 Å². The highest BCUT2D eigenvalue weighted by Gasteiger charge is 2.69. The predicted octanol–water partition coefficient (Wildman–Crippen LogP) is 3.37. The smallest absolute Gasteiger partial charge is 0.484 e. The SMILES string of the molecule is O=C(COc1ccc(Cl)c(F)c1)NC12CC(NC(=O)c3ccc(OC(F)(F)F)nc3)(C1)C2. The van der Waals surface area contributed by atoms with Crippen molar-refractivity contribution in [2.24, 2.45) is 0 Å². The first kappa shape index (κ1) is 22.1. The number of hydrogen-bond acceptors (Lipinski definition) is 5. The molecule has 0 unspecified atom stereocenters. The summed E-state index contributed by atoms with van der Waals surface area (Å²) in [5, 5.41) is 5.63. The van der Waals surface area contributed by atoms with Crippen LogP contribution in [0.25, 0.3) is 0 Å². The number of benzene rings is 1. The second-order valence-corrected chi connectivity index (χ2v) is 8.30. The second-order valence-electron chi connectivity index (χ2n) is 7.89. The topological polar surface area (TPSA) is 89.6 Å². The molecule has 3 saturated carbocycles. The molecule has 1 aromatic heterocycles. The van der Waals surface area contributed by atoms with Crippen LogP contribution in [0.1, 0.15) is 29.6 Å². The quantitative estimate of drug-likeness (QED) is 0.602. The molecule has 1 heterocycles. The number of rotatable bonds is 7. The van der Waals surface area contributed by atoms with E-state index in [1.165, 1.54) is 18.2 Å². The van der Waals surface area contributed by atoms with Crippen molar-refractivity contribution < 1.29 is 36.6 Å². The minimum Gasteiger partial charge on any atom is -0.484 e. The van der Waals surface area contributed by atoms with E-state index >= 15 is 0 Å². The van der Waals surface area contributed by atoms with E-state index in [0.717, 1.165) is 18.3 Å². The lowest BCUT2D eigenvalue weighted by atomic mass is 9.44. The van der Waals surface area contributed by atoms with Gasteiger partial charge in [-0.05, 0) is 37.5 Å². The number of nitrogens with zero attached hydrogens (tertiary/aromatic N) is 1. The molecule has 3 aliphatic carbocycles. The van der Waals surface area contributed by atoms with Gasteiger partial charge in [-0.25, -0.2) is 9.37 Å². The molecule has 0 atom stereocenters. The lowest BCUT2D eigenvalue weighted by molar-refractivity contribution is -0.276. The van der Waals surface area contributed by atoms with Gasteiger partial charge in [0.05, 0.1) is 10.6 Å². The molecule has 3 aliphatic rings. The Balaban J connectivity index is 1.22. The molecule has 2 aromatic rings. The molecule has 0 radical (unpaired) electrons. The molecular weight excluding hydrogens is 458 g/mol. The molecule has 0 saturated heterocycles. The van der Waals surface area contributed by atoms with Gasteiger partial charge in [0, 0.05) is 29.4 Å². The molecule has 0 spiro atoms. The van der Waals surface area contributed by atoms with E-state index in [9.17, 15) is 27.2 Å². The highest BCUT2D eigenvalue weighted by Crippen LogP contribution is 2.60. The van der Waals surface area contributed by atoms with E-state index in [1.807, 2.05) is 0 Å². The van der Waals surface area contributed by atoms with Crippen LogP contribution in [-0.4, -0.2) is 40.8 Å². The standard InChI is InChI=1S/C20H16ClF4N3O4/c21-13-3-2-12(5-14(13)22)31-7-15(29)27-18-8-19(9-18,10-18)28-17(30)11-1-4-16(26-6-11)32-20(23,24)25/h1-6H,7-10H2,(H,27,29)(H,28,30). The maximum Gasteiger partial charge on any atom is 0.574 e. The number of carbonyl (C=O) groups is 2. The number of nitrogens with one attached hydrogen (secondary N) is 2. The van der Waals surface area contributed by atoms with Crippen molar-refractivity contribution in [2.45, 2.75) is 36.7 Å². The molecule has 1 aromatic carbocycles. The van der Waals surface area contributed by atoms with Crippen molar-refractivity contribution >= 4 is 23.4 Å². The summed E-state index contributed by atoms with van der Waals surface area (Å²) < 4.78 is 58.8. The third-order valence-corrected chi connectivity index (χ3v) is 5.60. The van der Waals surface area contributed by atoms with Crippen LogP contribution in [0.5, 0.6) is 11.6 Å². The van der Waals surface area contributed by atoms with Gasteiger partial charge in [-0.2, -0.15) is 0 Å². The lowest BCUT2D eigenvalue weighted by Crippen LogP contribution is -2.84. The number of amides is 2. The highest BCUT2D eigenvalue weighted by molar-refractivity contribution is 6.30. The number of halogens is 5. The van der Waals surface area contributed by atoms with Crippen LogP contribution in [0.2, 0.25) is 5.02 Å². The zero-order chi connectivity index (χ0) is 23.1. The Kier molecular flexibility index (Phi) is 5.40. The third-order valence-electron chi connectivity index (χ3n) is 5.29. The van der Waals surface area contributed by atoms with E-state index in [4.69, 9.17) is 16.3 Å². The zero-order valence-corrected chi connectivity index (χ0v) is 17.0. The van der Waals surface area contributed by atoms with Gasteiger partial charge in [-0.3, -0.25) is 9.59 Å². The monoisotopic (exact) mass is 473 g/mol. The first-order valence-electron chi connectivity index (χ1n) is 9.40. The van der Waals surface area contributed by atoms with Crippen molar-refractivity contribution in [2.75, 3.05) is 6.61 Å². The normalized spacial score (nSPS) is 23.4. The Morgan fingerprint density at radius 3 is 2.38 bits per heavy atom. The summed E-state index contributed by atoms with van der Waals surface area (Å²) in [4.78, 5) is 28.0. The first-order chi connectivity index (χ1) is 15.0. The molecular formula is C20H16ClF4N3O4. The molecule has 5 rings (SSSR count). The maximum atomic E-state index is 13.4. The Morgan fingerprint density at radius 2 is 1.78 bits per heavy atom. The summed E-state index contributed by atoms with van der Waals surface area (Å²) in [6.45, 7) is -0.305. The first-order valence-corrected chi connectivity index (χ1v) is 9.78. The van der Waals surface area contributed by atoms with E-state index in [2.05, 4.69) is 20.4 Å². The molecule has 170 valence electrons. The second kappa shape index (κ2) is 7.80. The fourth-order valence-electron chi connectivity index (χ4n) is 4.11. The van der Waals surface area contributed by atoms with Crippen LogP contribution in [0.4, 0.5) is 17.6 Å². The van der Waals surface area contributed by atoms with Gasteiger partial charge < -0.3 is 20.1 Å². The van der Waals surface area contributed by atoms with Crippen LogP contribution in [0.3, 0.4) is 0 Å². The minimum absolute atomic E-state index is 0.0515. The Morgan fingerprint density at radius 1 is 1.09 bits per heavy atom. The van der Waals surface area contributed by atoms with Gasteiger partial charge in [0.25, 0.3) is 11.8 Å². The highest BCUT2D eigenvalue weighted by atomic mass is 35.5. The van der Waals surface area contributed by atoms with E-state index in [-0.39, 0.29) is 28.8 Å².